The molecule has 5 nitrogen and oxygen atoms in total. The Labute approximate surface area is 123 Å². The summed E-state index contributed by atoms with van der Waals surface area (Å²) in [5.74, 6) is -0.637. The Morgan fingerprint density at radius 3 is 2.81 bits per heavy atom. The fourth-order valence-electron chi connectivity index (χ4n) is 3.29. The minimum atomic E-state index is -0.823. The van der Waals surface area contributed by atoms with E-state index in [1.165, 1.54) is 0 Å². The summed E-state index contributed by atoms with van der Waals surface area (Å²) in [7, 11) is 0. The maximum Gasteiger partial charge on any atom is 0.308 e. The number of carboxylic acid groups (broad SMARTS) is 1. The van der Waals surface area contributed by atoms with Gasteiger partial charge < -0.3 is 14.7 Å². The summed E-state index contributed by atoms with van der Waals surface area (Å²) in [6.07, 6.45) is 1.41. The molecule has 1 amide bonds. The second-order valence-electron chi connectivity index (χ2n) is 5.78. The number of fused-ring (bicyclic) bond motifs is 1. The van der Waals surface area contributed by atoms with E-state index in [9.17, 15) is 14.7 Å². The van der Waals surface area contributed by atoms with Crippen LogP contribution in [0.4, 0.5) is 0 Å². The molecule has 0 saturated carbocycles. The fourth-order valence-corrected chi connectivity index (χ4v) is 3.29. The lowest BCUT2D eigenvalue weighted by Crippen LogP contribution is -2.53. The van der Waals surface area contributed by atoms with Gasteiger partial charge in [0.15, 0.2) is 6.10 Å². The average Bonchev–Trinajstić information content (AvgIpc) is 2.90. The molecule has 21 heavy (non-hydrogen) atoms. The zero-order valence-electron chi connectivity index (χ0n) is 12.0. The molecule has 0 bridgehead atoms. The molecule has 1 aromatic carbocycles. The number of carbonyl (C=O) groups is 2. The number of carbonyl (C=O) groups excluding carboxylic acids is 1. The number of likely N-dealkylation sites (tertiary alicyclic amines) is 1. The van der Waals surface area contributed by atoms with Crippen LogP contribution in [0, 0.1) is 5.92 Å². The van der Waals surface area contributed by atoms with Crippen molar-refractivity contribution >= 4 is 11.9 Å². The van der Waals surface area contributed by atoms with Gasteiger partial charge in [-0.05, 0) is 31.4 Å². The van der Waals surface area contributed by atoms with Crippen LogP contribution in [-0.2, 0) is 16.0 Å². The fraction of sp³-hybridized carbons (Fsp3) is 0.500. The van der Waals surface area contributed by atoms with E-state index in [-0.39, 0.29) is 11.9 Å². The Bertz CT molecular complexity index is 546. The molecule has 0 radical (unpaired) electrons. The second kappa shape index (κ2) is 5.39. The van der Waals surface area contributed by atoms with Crippen molar-refractivity contribution in [2.24, 2.45) is 5.92 Å². The van der Waals surface area contributed by atoms with E-state index < -0.39 is 18.0 Å². The van der Waals surface area contributed by atoms with Gasteiger partial charge in [-0.1, -0.05) is 18.2 Å². The Kier molecular flexibility index (Phi) is 3.57. The monoisotopic (exact) mass is 289 g/mol. The molecule has 0 aliphatic carbocycles. The van der Waals surface area contributed by atoms with Crippen LogP contribution in [-0.4, -0.2) is 40.6 Å². The molecule has 1 saturated heterocycles. The van der Waals surface area contributed by atoms with Crippen LogP contribution in [0.15, 0.2) is 24.3 Å². The zero-order chi connectivity index (χ0) is 15.0. The number of aliphatic carboxylic acids is 1. The van der Waals surface area contributed by atoms with Crippen LogP contribution in [0.3, 0.4) is 0 Å². The highest BCUT2D eigenvalue weighted by Crippen LogP contribution is 2.31. The van der Waals surface area contributed by atoms with Crippen LogP contribution in [0.1, 0.15) is 25.3 Å². The van der Waals surface area contributed by atoms with Crippen LogP contribution >= 0.6 is 0 Å². The summed E-state index contributed by atoms with van der Waals surface area (Å²) >= 11 is 0. The molecule has 5 heteroatoms. The van der Waals surface area contributed by atoms with Crippen molar-refractivity contribution in [3.05, 3.63) is 29.8 Å². The van der Waals surface area contributed by atoms with Gasteiger partial charge in [0, 0.05) is 19.0 Å². The number of carboxylic acids is 1. The van der Waals surface area contributed by atoms with Crippen LogP contribution in [0.5, 0.6) is 5.75 Å². The molecule has 2 heterocycles. The number of piperidine rings is 1. The summed E-state index contributed by atoms with van der Waals surface area (Å²) in [6.45, 7) is 2.43. The van der Waals surface area contributed by atoms with Crippen molar-refractivity contribution in [2.45, 2.75) is 38.3 Å². The molecule has 0 aromatic heterocycles. The first-order chi connectivity index (χ1) is 10.1. The SMILES string of the molecule is C[C@@H]1[C@H](C(=O)O)CCCN1C(=O)C1Cc2ccccc2O1. The van der Waals surface area contributed by atoms with Gasteiger partial charge in [-0.2, -0.15) is 0 Å². The summed E-state index contributed by atoms with van der Waals surface area (Å²) in [5, 5.41) is 9.25. The van der Waals surface area contributed by atoms with Gasteiger partial charge in [-0.25, -0.2) is 0 Å². The second-order valence-corrected chi connectivity index (χ2v) is 5.78. The first kappa shape index (κ1) is 13.9. The van der Waals surface area contributed by atoms with E-state index >= 15 is 0 Å². The number of amides is 1. The number of rotatable bonds is 2. The normalized spacial score (nSPS) is 27.9. The lowest BCUT2D eigenvalue weighted by atomic mass is 9.90. The zero-order valence-corrected chi connectivity index (χ0v) is 12.0. The molecule has 112 valence electrons. The molecular formula is C16H19NO4. The van der Waals surface area contributed by atoms with Gasteiger partial charge in [-0.3, -0.25) is 9.59 Å². The first-order valence-corrected chi connectivity index (χ1v) is 7.36. The highest BCUT2D eigenvalue weighted by Gasteiger charge is 2.40. The van der Waals surface area contributed by atoms with Crippen molar-refractivity contribution in [2.75, 3.05) is 6.54 Å². The van der Waals surface area contributed by atoms with Gasteiger partial charge in [-0.15, -0.1) is 0 Å². The smallest absolute Gasteiger partial charge is 0.308 e. The molecule has 1 aromatic rings. The third-order valence-corrected chi connectivity index (χ3v) is 4.51. The van der Waals surface area contributed by atoms with Crippen molar-refractivity contribution in [3.8, 4) is 5.75 Å². The van der Waals surface area contributed by atoms with Crippen LogP contribution < -0.4 is 4.74 Å². The molecule has 1 unspecified atom stereocenters. The third kappa shape index (κ3) is 2.48. The van der Waals surface area contributed by atoms with Gasteiger partial charge in [0.05, 0.1) is 5.92 Å². The lowest BCUT2D eigenvalue weighted by molar-refractivity contribution is -0.151. The van der Waals surface area contributed by atoms with Gasteiger partial charge in [0.1, 0.15) is 5.75 Å². The van der Waals surface area contributed by atoms with E-state index in [2.05, 4.69) is 0 Å². The topological polar surface area (TPSA) is 66.8 Å². The lowest BCUT2D eigenvalue weighted by Gasteiger charge is -2.38. The van der Waals surface area contributed by atoms with E-state index in [1.807, 2.05) is 31.2 Å². The van der Waals surface area contributed by atoms with E-state index in [4.69, 9.17) is 4.74 Å². The summed E-state index contributed by atoms with van der Waals surface area (Å²) in [4.78, 5) is 25.6. The van der Waals surface area contributed by atoms with Crippen molar-refractivity contribution in [3.63, 3.8) is 0 Å². The van der Waals surface area contributed by atoms with Crippen LogP contribution in [0.25, 0.3) is 0 Å². The predicted molar refractivity (Wildman–Crippen MR) is 76.1 cm³/mol. The van der Waals surface area contributed by atoms with Crippen LogP contribution in [0.2, 0.25) is 0 Å². The molecule has 2 aliphatic rings. The molecular weight excluding hydrogens is 270 g/mol. The molecule has 3 rings (SSSR count). The van der Waals surface area contributed by atoms with E-state index in [0.29, 0.717) is 19.4 Å². The molecule has 3 atom stereocenters. The standard InChI is InChI=1S/C16H19NO4/c1-10-12(16(19)20)6-4-8-17(10)15(18)14-9-11-5-2-3-7-13(11)21-14/h2-3,5,7,10,12,14H,4,6,8-9H2,1H3,(H,19,20)/t10-,12-,14?/m1/s1. The summed E-state index contributed by atoms with van der Waals surface area (Å²) < 4.78 is 5.73. The number of ether oxygens (including phenoxy) is 1. The summed E-state index contributed by atoms with van der Waals surface area (Å²) in [5.41, 5.74) is 1.04. The Morgan fingerprint density at radius 1 is 1.33 bits per heavy atom. The van der Waals surface area contributed by atoms with E-state index in [0.717, 1.165) is 17.7 Å². The van der Waals surface area contributed by atoms with Gasteiger partial charge in [0.2, 0.25) is 0 Å². The van der Waals surface area contributed by atoms with E-state index in [1.54, 1.807) is 4.90 Å². The van der Waals surface area contributed by atoms with Crippen molar-refractivity contribution in [1.82, 2.24) is 4.90 Å². The highest BCUT2D eigenvalue weighted by molar-refractivity contribution is 5.84. The first-order valence-electron chi connectivity index (χ1n) is 7.36. The number of benzene rings is 1. The Hall–Kier alpha value is -2.04. The number of para-hydroxylation sites is 1. The number of hydrogen-bond donors (Lipinski definition) is 1. The maximum atomic E-state index is 12.7. The van der Waals surface area contributed by atoms with Crippen molar-refractivity contribution in [1.29, 1.82) is 0 Å². The minimum absolute atomic E-state index is 0.0929. The Morgan fingerprint density at radius 2 is 2.10 bits per heavy atom. The maximum absolute atomic E-state index is 12.7. The molecule has 1 N–H and O–H groups in total. The minimum Gasteiger partial charge on any atom is -0.481 e. The largest absolute Gasteiger partial charge is 0.481 e. The predicted octanol–water partition coefficient (Wildman–Crippen LogP) is 1.70. The van der Waals surface area contributed by atoms with Crippen molar-refractivity contribution < 1.29 is 19.4 Å². The molecule has 0 spiro atoms. The summed E-state index contributed by atoms with van der Waals surface area (Å²) in [6, 6.07) is 7.36. The molecule has 1 fully saturated rings. The number of hydrogen-bond acceptors (Lipinski definition) is 3. The quantitative estimate of drug-likeness (QED) is 0.900. The molecule has 2 aliphatic heterocycles. The van der Waals surface area contributed by atoms with Gasteiger partial charge in [0.25, 0.3) is 5.91 Å². The Balaban J connectivity index is 1.73. The highest BCUT2D eigenvalue weighted by atomic mass is 16.5. The third-order valence-electron chi connectivity index (χ3n) is 4.51. The number of nitrogens with zero attached hydrogens (tertiary/aromatic N) is 1. The van der Waals surface area contributed by atoms with Gasteiger partial charge >= 0.3 is 5.97 Å². The average molecular weight is 289 g/mol.